The fraction of sp³-hybridized carbons (Fsp3) is 0.900. The zero-order chi connectivity index (χ0) is 28.6. The van der Waals surface area contributed by atoms with E-state index in [1.807, 2.05) is 41.5 Å². The van der Waals surface area contributed by atoms with Crippen molar-refractivity contribution >= 4 is 17.9 Å². The molecule has 7 nitrogen and oxygen atoms in total. The molecule has 0 aliphatic carbocycles. The maximum absolute atomic E-state index is 13.3. The predicted octanol–water partition coefficient (Wildman–Crippen LogP) is 7.39. The van der Waals surface area contributed by atoms with Crippen molar-refractivity contribution in [3.8, 4) is 0 Å². The highest BCUT2D eigenvalue weighted by Crippen LogP contribution is 2.51. The van der Waals surface area contributed by atoms with Crippen LogP contribution in [0.2, 0.25) is 0 Å². The van der Waals surface area contributed by atoms with Gasteiger partial charge in [0.15, 0.2) is 5.60 Å². The molecule has 4 N–H and O–H groups in total. The first kappa shape index (κ1) is 35.4. The average Bonchev–Trinajstić information content (AvgIpc) is 2.87. The van der Waals surface area contributed by atoms with Crippen molar-refractivity contribution in [1.29, 1.82) is 0 Å². The molecule has 218 valence electrons. The average molecular weight is 529 g/mol. The van der Waals surface area contributed by atoms with Crippen LogP contribution in [-0.2, 0) is 14.4 Å². The largest absolute Gasteiger partial charge is 0.481 e. The van der Waals surface area contributed by atoms with E-state index in [2.05, 4.69) is 0 Å². The van der Waals surface area contributed by atoms with Gasteiger partial charge >= 0.3 is 17.9 Å². The molecular formula is C30H56O7. The zero-order valence-electron chi connectivity index (χ0n) is 24.4. The van der Waals surface area contributed by atoms with Crippen LogP contribution in [0, 0.1) is 29.1 Å². The molecule has 0 aromatic rings. The smallest absolute Gasteiger partial charge is 0.337 e. The van der Waals surface area contributed by atoms with Gasteiger partial charge in [0.1, 0.15) is 5.41 Å². The number of rotatable bonds is 23. The fourth-order valence-electron chi connectivity index (χ4n) is 6.06. The van der Waals surface area contributed by atoms with E-state index < -0.39 is 34.8 Å². The summed E-state index contributed by atoms with van der Waals surface area (Å²) in [4.78, 5) is 38.9. The van der Waals surface area contributed by atoms with Crippen LogP contribution in [0.1, 0.15) is 138 Å². The van der Waals surface area contributed by atoms with Crippen LogP contribution in [0.25, 0.3) is 0 Å². The SMILES string of the molecule is CCCC[C@@H](CC)CC(C[C@H](CC)CCCC)(C(=O)O)[C@@](O)(C(=O)O)[C@H](C[C@@H](CC)CCCC)C(=O)O. The highest BCUT2D eigenvalue weighted by Gasteiger charge is 2.67. The third-order valence-electron chi connectivity index (χ3n) is 8.74. The van der Waals surface area contributed by atoms with Gasteiger partial charge in [-0.15, -0.1) is 0 Å². The van der Waals surface area contributed by atoms with Gasteiger partial charge in [0.2, 0.25) is 0 Å². The number of carboxylic acid groups (broad SMARTS) is 3. The van der Waals surface area contributed by atoms with Crippen LogP contribution in [0.4, 0.5) is 0 Å². The number of carboxylic acids is 3. The molecule has 0 bridgehead atoms. The van der Waals surface area contributed by atoms with E-state index in [9.17, 15) is 34.8 Å². The van der Waals surface area contributed by atoms with Crippen molar-refractivity contribution in [2.45, 2.75) is 143 Å². The summed E-state index contributed by atoms with van der Waals surface area (Å²) in [6.07, 6.45) is 9.29. The summed E-state index contributed by atoms with van der Waals surface area (Å²) in [6, 6.07) is 0. The maximum Gasteiger partial charge on any atom is 0.337 e. The number of aliphatic carboxylic acids is 3. The second-order valence-corrected chi connectivity index (χ2v) is 11.2. The Morgan fingerprint density at radius 3 is 1.27 bits per heavy atom. The minimum Gasteiger partial charge on any atom is -0.481 e. The molecule has 0 aromatic heterocycles. The normalized spacial score (nSPS) is 16.9. The van der Waals surface area contributed by atoms with Crippen LogP contribution in [0.15, 0.2) is 0 Å². The lowest BCUT2D eigenvalue weighted by atomic mass is 9.56. The van der Waals surface area contributed by atoms with E-state index in [1.165, 1.54) is 0 Å². The second kappa shape index (κ2) is 17.8. The standard InChI is InChI=1S/C30H56O7/c1-7-13-16-22(10-4)19-25(26(31)32)30(37,28(35)36)29(27(33)34,20-23(11-5)17-14-8-2)21-24(12-6)18-15-9-3/h22-25,37H,7-21H2,1-6H3,(H,31,32)(H,33,34)(H,35,36)/t22-,23+,24+,25+,30-/m0/s1. The Bertz CT molecular complexity index is 659. The van der Waals surface area contributed by atoms with Gasteiger partial charge in [0.25, 0.3) is 0 Å². The minimum atomic E-state index is -2.93. The molecule has 0 amide bonds. The Balaban J connectivity index is 7.05. The molecule has 7 heteroatoms. The van der Waals surface area contributed by atoms with Gasteiger partial charge in [-0.1, -0.05) is 119 Å². The topological polar surface area (TPSA) is 132 Å². The molecule has 0 radical (unpaired) electrons. The van der Waals surface area contributed by atoms with Crippen LogP contribution in [0.3, 0.4) is 0 Å². The van der Waals surface area contributed by atoms with Crippen LogP contribution < -0.4 is 0 Å². The Labute approximate surface area is 225 Å². The third kappa shape index (κ3) is 9.56. The van der Waals surface area contributed by atoms with Gasteiger partial charge in [0, 0.05) is 0 Å². The molecule has 0 aromatic carbocycles. The van der Waals surface area contributed by atoms with E-state index in [4.69, 9.17) is 0 Å². The van der Waals surface area contributed by atoms with E-state index in [-0.39, 0.29) is 37.0 Å². The first-order chi connectivity index (χ1) is 17.4. The molecule has 0 unspecified atom stereocenters. The van der Waals surface area contributed by atoms with Crippen molar-refractivity contribution in [3.63, 3.8) is 0 Å². The van der Waals surface area contributed by atoms with Crippen LogP contribution in [0.5, 0.6) is 0 Å². The van der Waals surface area contributed by atoms with E-state index in [0.29, 0.717) is 25.7 Å². The number of carbonyl (C=O) groups is 3. The summed E-state index contributed by atoms with van der Waals surface area (Å²) in [7, 11) is 0. The Morgan fingerprint density at radius 2 is 1.00 bits per heavy atom. The molecule has 0 rings (SSSR count). The number of unbranched alkanes of at least 4 members (excludes halogenated alkanes) is 3. The van der Waals surface area contributed by atoms with Gasteiger partial charge in [-0.2, -0.15) is 0 Å². The second-order valence-electron chi connectivity index (χ2n) is 11.2. The monoisotopic (exact) mass is 528 g/mol. The van der Waals surface area contributed by atoms with Gasteiger partial charge in [-0.3, -0.25) is 9.59 Å². The molecule has 0 fully saturated rings. The summed E-state index contributed by atoms with van der Waals surface area (Å²) >= 11 is 0. The Hall–Kier alpha value is -1.63. The quantitative estimate of drug-likeness (QED) is 0.109. The lowest BCUT2D eigenvalue weighted by Gasteiger charge is -2.48. The Morgan fingerprint density at radius 1 is 0.622 bits per heavy atom. The summed E-state index contributed by atoms with van der Waals surface area (Å²) in [5.74, 6) is -6.63. The highest BCUT2D eigenvalue weighted by atomic mass is 16.4. The lowest BCUT2D eigenvalue weighted by Crippen LogP contribution is -2.65. The molecule has 0 saturated heterocycles. The highest BCUT2D eigenvalue weighted by molar-refractivity contribution is 5.93. The predicted molar refractivity (Wildman–Crippen MR) is 148 cm³/mol. The summed E-state index contributed by atoms with van der Waals surface area (Å²) < 4.78 is 0. The first-order valence-electron chi connectivity index (χ1n) is 14.9. The van der Waals surface area contributed by atoms with E-state index in [1.54, 1.807) is 0 Å². The third-order valence-corrected chi connectivity index (χ3v) is 8.74. The molecule has 0 spiro atoms. The van der Waals surface area contributed by atoms with E-state index >= 15 is 0 Å². The van der Waals surface area contributed by atoms with Crippen LogP contribution >= 0.6 is 0 Å². The van der Waals surface area contributed by atoms with Crippen molar-refractivity contribution in [3.05, 3.63) is 0 Å². The molecule has 0 aliphatic rings. The van der Waals surface area contributed by atoms with Crippen molar-refractivity contribution in [2.75, 3.05) is 0 Å². The van der Waals surface area contributed by atoms with Crippen molar-refractivity contribution in [2.24, 2.45) is 29.1 Å². The first-order valence-corrected chi connectivity index (χ1v) is 14.9. The van der Waals surface area contributed by atoms with Crippen molar-refractivity contribution < 1.29 is 34.8 Å². The zero-order valence-corrected chi connectivity index (χ0v) is 24.4. The molecule has 5 atom stereocenters. The van der Waals surface area contributed by atoms with Crippen molar-refractivity contribution in [1.82, 2.24) is 0 Å². The number of hydrogen-bond acceptors (Lipinski definition) is 4. The maximum atomic E-state index is 13.3. The minimum absolute atomic E-state index is 0.0419. The Kier molecular flexibility index (Phi) is 17.0. The molecule has 37 heavy (non-hydrogen) atoms. The van der Waals surface area contributed by atoms with Gasteiger partial charge in [0.05, 0.1) is 5.92 Å². The molecular weight excluding hydrogens is 472 g/mol. The van der Waals surface area contributed by atoms with E-state index in [0.717, 1.165) is 51.4 Å². The summed E-state index contributed by atoms with van der Waals surface area (Å²) in [6.45, 7) is 12.0. The summed E-state index contributed by atoms with van der Waals surface area (Å²) in [5, 5.41) is 43.8. The lowest BCUT2D eigenvalue weighted by molar-refractivity contribution is -0.211. The summed E-state index contributed by atoms with van der Waals surface area (Å²) in [5.41, 5.74) is -5.03. The number of aliphatic hydroxyl groups is 1. The number of hydrogen-bond donors (Lipinski definition) is 4. The van der Waals surface area contributed by atoms with Gasteiger partial charge in [-0.25, -0.2) is 4.79 Å². The van der Waals surface area contributed by atoms with Crippen LogP contribution in [-0.4, -0.2) is 43.9 Å². The van der Waals surface area contributed by atoms with Gasteiger partial charge in [-0.05, 0) is 37.0 Å². The fourth-order valence-corrected chi connectivity index (χ4v) is 6.06. The van der Waals surface area contributed by atoms with Gasteiger partial charge < -0.3 is 20.4 Å². The molecule has 0 aliphatic heterocycles. The molecule has 0 heterocycles. The molecule has 0 saturated carbocycles.